The second-order valence-electron chi connectivity index (χ2n) is 3.99. The van der Waals surface area contributed by atoms with Crippen LogP contribution in [-0.4, -0.2) is 19.6 Å². The Balaban J connectivity index is 2.07. The number of nitrogens with zero attached hydrogens (tertiary/aromatic N) is 4. The summed E-state index contributed by atoms with van der Waals surface area (Å²) in [6, 6.07) is 7.21. The predicted octanol–water partition coefficient (Wildman–Crippen LogP) is 2.57. The molecule has 2 heterocycles. The number of anilines is 1. The minimum absolute atomic E-state index is 0.491. The van der Waals surface area contributed by atoms with Crippen LogP contribution in [0.3, 0.4) is 0 Å². The van der Waals surface area contributed by atoms with E-state index >= 15 is 0 Å². The minimum atomic E-state index is 0.491. The quantitative estimate of drug-likeness (QED) is 0.734. The Morgan fingerprint density at radius 1 is 1.32 bits per heavy atom. The fraction of sp³-hybridized carbons (Fsp3) is 0.0833. The molecule has 3 aromatic rings. The number of aromatic nitrogens is 4. The lowest BCUT2D eigenvalue weighted by molar-refractivity contribution is 0.447. The molecule has 0 bridgehead atoms. The van der Waals surface area contributed by atoms with Gasteiger partial charge in [-0.15, -0.1) is 0 Å². The SMILES string of the molecule is Cc1cc(Oc2ccc(Br)cc2N)n2ncnc2n1. The monoisotopic (exact) mass is 319 g/mol. The number of hydrogen-bond acceptors (Lipinski definition) is 5. The van der Waals surface area contributed by atoms with Gasteiger partial charge in [0.25, 0.3) is 5.78 Å². The molecule has 7 heteroatoms. The average molecular weight is 320 g/mol. The first kappa shape index (κ1) is 11.9. The highest BCUT2D eigenvalue weighted by Gasteiger charge is 2.09. The van der Waals surface area contributed by atoms with E-state index in [-0.39, 0.29) is 0 Å². The summed E-state index contributed by atoms with van der Waals surface area (Å²) < 4.78 is 8.21. The summed E-state index contributed by atoms with van der Waals surface area (Å²) in [4.78, 5) is 8.29. The first-order valence-electron chi connectivity index (χ1n) is 5.54. The van der Waals surface area contributed by atoms with Crippen LogP contribution in [0.4, 0.5) is 5.69 Å². The molecule has 0 aliphatic heterocycles. The molecule has 0 amide bonds. The summed E-state index contributed by atoms with van der Waals surface area (Å²) in [5, 5.41) is 4.07. The van der Waals surface area contributed by atoms with Gasteiger partial charge in [0.15, 0.2) is 5.75 Å². The Kier molecular flexibility index (Phi) is 2.83. The molecule has 0 atom stereocenters. The normalized spacial score (nSPS) is 10.8. The zero-order valence-corrected chi connectivity index (χ0v) is 11.6. The van der Waals surface area contributed by atoms with E-state index in [0.717, 1.165) is 10.2 Å². The molecule has 0 aliphatic rings. The summed E-state index contributed by atoms with van der Waals surface area (Å²) in [6.45, 7) is 1.87. The number of nitrogens with two attached hydrogens (primary N) is 1. The van der Waals surface area contributed by atoms with E-state index in [2.05, 4.69) is 31.0 Å². The smallest absolute Gasteiger partial charge is 0.255 e. The van der Waals surface area contributed by atoms with Crippen molar-refractivity contribution in [3.63, 3.8) is 0 Å². The molecule has 0 radical (unpaired) electrons. The van der Waals surface area contributed by atoms with Crippen LogP contribution in [0.1, 0.15) is 5.69 Å². The number of halogens is 1. The van der Waals surface area contributed by atoms with Crippen molar-refractivity contribution >= 4 is 27.4 Å². The van der Waals surface area contributed by atoms with Gasteiger partial charge in [0.2, 0.25) is 5.88 Å². The van der Waals surface area contributed by atoms with E-state index in [9.17, 15) is 0 Å². The van der Waals surface area contributed by atoms with Crippen molar-refractivity contribution in [3.05, 3.63) is 40.8 Å². The van der Waals surface area contributed by atoms with Crippen molar-refractivity contribution in [2.45, 2.75) is 6.92 Å². The van der Waals surface area contributed by atoms with Crippen LogP contribution >= 0.6 is 15.9 Å². The number of benzene rings is 1. The van der Waals surface area contributed by atoms with Crippen LogP contribution < -0.4 is 10.5 Å². The molecule has 2 aromatic heterocycles. The number of nitrogen functional groups attached to an aromatic ring is 1. The zero-order chi connectivity index (χ0) is 13.4. The van der Waals surface area contributed by atoms with Crippen molar-refractivity contribution in [1.29, 1.82) is 0 Å². The summed E-state index contributed by atoms with van der Waals surface area (Å²) in [7, 11) is 0. The van der Waals surface area contributed by atoms with Crippen molar-refractivity contribution in [2.24, 2.45) is 0 Å². The first-order valence-corrected chi connectivity index (χ1v) is 6.33. The summed E-state index contributed by atoms with van der Waals surface area (Å²) in [5.41, 5.74) is 7.25. The Labute approximate surface area is 117 Å². The molecule has 0 saturated carbocycles. The largest absolute Gasteiger partial charge is 0.437 e. The standard InChI is InChI=1S/C12H10BrN5O/c1-7-4-11(18-12(17-7)15-6-16-18)19-10-3-2-8(13)5-9(10)14/h2-6H,14H2,1H3. The summed E-state index contributed by atoms with van der Waals surface area (Å²) in [6.07, 6.45) is 1.43. The van der Waals surface area contributed by atoms with E-state index < -0.39 is 0 Å². The van der Waals surface area contributed by atoms with Gasteiger partial charge in [-0.3, -0.25) is 0 Å². The topological polar surface area (TPSA) is 78.3 Å². The van der Waals surface area contributed by atoms with Gasteiger partial charge in [-0.05, 0) is 25.1 Å². The molecule has 1 aromatic carbocycles. The van der Waals surface area contributed by atoms with E-state index in [1.807, 2.05) is 13.0 Å². The lowest BCUT2D eigenvalue weighted by atomic mass is 10.3. The fourth-order valence-electron chi connectivity index (χ4n) is 1.69. The highest BCUT2D eigenvalue weighted by atomic mass is 79.9. The highest BCUT2D eigenvalue weighted by molar-refractivity contribution is 9.10. The van der Waals surface area contributed by atoms with Gasteiger partial charge in [0, 0.05) is 16.2 Å². The molecule has 0 fully saturated rings. The Hall–Kier alpha value is -2.15. The van der Waals surface area contributed by atoms with Crippen LogP contribution in [0.5, 0.6) is 11.6 Å². The van der Waals surface area contributed by atoms with Gasteiger partial charge in [-0.2, -0.15) is 14.6 Å². The van der Waals surface area contributed by atoms with Crippen LogP contribution in [-0.2, 0) is 0 Å². The predicted molar refractivity (Wildman–Crippen MR) is 74.1 cm³/mol. The minimum Gasteiger partial charge on any atom is -0.437 e. The van der Waals surface area contributed by atoms with Gasteiger partial charge in [-0.1, -0.05) is 15.9 Å². The maximum Gasteiger partial charge on any atom is 0.255 e. The summed E-state index contributed by atoms with van der Waals surface area (Å²) >= 11 is 3.35. The lowest BCUT2D eigenvalue weighted by Crippen LogP contribution is -2.00. The lowest BCUT2D eigenvalue weighted by Gasteiger charge is -2.09. The third-order valence-electron chi connectivity index (χ3n) is 2.53. The third kappa shape index (κ3) is 2.24. The highest BCUT2D eigenvalue weighted by Crippen LogP contribution is 2.29. The maximum atomic E-state index is 5.91. The average Bonchev–Trinajstić information content (AvgIpc) is 2.80. The Morgan fingerprint density at radius 3 is 2.95 bits per heavy atom. The van der Waals surface area contributed by atoms with Crippen molar-refractivity contribution in [2.75, 3.05) is 5.73 Å². The molecule has 0 spiro atoms. The van der Waals surface area contributed by atoms with Crippen LogP contribution in [0.25, 0.3) is 5.78 Å². The molecule has 0 unspecified atom stereocenters. The molecule has 3 rings (SSSR count). The molecule has 0 aliphatic carbocycles. The first-order chi connectivity index (χ1) is 9.13. The van der Waals surface area contributed by atoms with Gasteiger partial charge in [-0.25, -0.2) is 4.98 Å². The second-order valence-corrected chi connectivity index (χ2v) is 4.91. The number of hydrogen-bond donors (Lipinski definition) is 1. The third-order valence-corrected chi connectivity index (χ3v) is 3.03. The second kappa shape index (κ2) is 4.51. The number of fused-ring (bicyclic) bond motifs is 1. The van der Waals surface area contributed by atoms with Crippen molar-refractivity contribution < 1.29 is 4.74 Å². The maximum absolute atomic E-state index is 5.91. The molecule has 6 nitrogen and oxygen atoms in total. The van der Waals surface area contributed by atoms with E-state index in [4.69, 9.17) is 10.5 Å². The van der Waals surface area contributed by atoms with Gasteiger partial charge in [0.05, 0.1) is 5.69 Å². The fourth-order valence-corrected chi connectivity index (χ4v) is 2.07. The van der Waals surface area contributed by atoms with Crippen LogP contribution in [0.15, 0.2) is 35.1 Å². The zero-order valence-electron chi connectivity index (χ0n) is 10.0. The molecule has 2 N–H and O–H groups in total. The summed E-state index contributed by atoms with van der Waals surface area (Å²) in [5.74, 6) is 1.57. The van der Waals surface area contributed by atoms with Crippen LogP contribution in [0, 0.1) is 6.92 Å². The van der Waals surface area contributed by atoms with Crippen molar-refractivity contribution in [1.82, 2.24) is 19.6 Å². The molecule has 96 valence electrons. The number of ether oxygens (including phenoxy) is 1. The van der Waals surface area contributed by atoms with Crippen LogP contribution in [0.2, 0.25) is 0 Å². The molecule has 19 heavy (non-hydrogen) atoms. The Bertz CT molecular complexity index is 755. The Morgan fingerprint density at radius 2 is 2.16 bits per heavy atom. The number of aryl methyl sites for hydroxylation is 1. The molecular weight excluding hydrogens is 310 g/mol. The van der Waals surface area contributed by atoms with Gasteiger partial charge in [0.1, 0.15) is 6.33 Å². The van der Waals surface area contributed by atoms with Gasteiger partial charge >= 0.3 is 0 Å². The van der Waals surface area contributed by atoms with Crippen molar-refractivity contribution in [3.8, 4) is 11.6 Å². The van der Waals surface area contributed by atoms with E-state index in [1.165, 1.54) is 10.8 Å². The van der Waals surface area contributed by atoms with E-state index in [0.29, 0.717) is 23.1 Å². The molecule has 0 saturated heterocycles. The van der Waals surface area contributed by atoms with E-state index in [1.54, 1.807) is 18.2 Å². The van der Waals surface area contributed by atoms with Gasteiger partial charge < -0.3 is 10.5 Å². The molecular formula is C12H10BrN5O. The number of rotatable bonds is 2.